The van der Waals surface area contributed by atoms with Crippen molar-refractivity contribution in [3.63, 3.8) is 0 Å². The molecule has 0 bridgehead atoms. The number of hydrogen-bond donors (Lipinski definition) is 2. The third kappa shape index (κ3) is 5.71. The van der Waals surface area contributed by atoms with Gasteiger partial charge in [-0.2, -0.15) is 0 Å². The van der Waals surface area contributed by atoms with Gasteiger partial charge in [0.2, 0.25) is 5.91 Å². The Bertz CT molecular complexity index is 1560. The number of nitrogens with zero attached hydrogens (tertiary/aromatic N) is 4. The molecule has 0 spiro atoms. The summed E-state index contributed by atoms with van der Waals surface area (Å²) < 4.78 is 11.7. The van der Waals surface area contributed by atoms with Crippen molar-refractivity contribution in [3.05, 3.63) is 66.4 Å². The highest BCUT2D eigenvalue weighted by molar-refractivity contribution is 5.97. The van der Waals surface area contributed by atoms with Gasteiger partial charge in [0.15, 0.2) is 0 Å². The van der Waals surface area contributed by atoms with Crippen molar-refractivity contribution in [2.24, 2.45) is 4.99 Å². The number of carbonyl (C=O) groups is 1. The lowest BCUT2D eigenvalue weighted by Gasteiger charge is -2.28. The molecule has 4 heterocycles. The van der Waals surface area contributed by atoms with Crippen molar-refractivity contribution in [1.82, 2.24) is 14.9 Å². The largest absolute Gasteiger partial charge is 0.488 e. The fourth-order valence-corrected chi connectivity index (χ4v) is 5.61. The van der Waals surface area contributed by atoms with Crippen molar-refractivity contribution in [3.8, 4) is 28.1 Å². The molecule has 210 valence electrons. The molecule has 2 aromatic carbocycles. The van der Waals surface area contributed by atoms with Gasteiger partial charge in [-0.25, -0.2) is 4.98 Å². The summed E-state index contributed by atoms with van der Waals surface area (Å²) in [5.41, 5.74) is 6.83. The van der Waals surface area contributed by atoms with Crippen LogP contribution in [0, 0.1) is 5.41 Å². The van der Waals surface area contributed by atoms with Crippen molar-refractivity contribution >= 4 is 35.6 Å². The first-order valence-corrected chi connectivity index (χ1v) is 14.1. The molecule has 2 fully saturated rings. The minimum absolute atomic E-state index is 0.0757. The summed E-state index contributed by atoms with van der Waals surface area (Å²) in [6, 6.07) is 18.7. The molecule has 9 nitrogen and oxygen atoms in total. The van der Waals surface area contributed by atoms with Gasteiger partial charge >= 0.3 is 0 Å². The third-order valence-corrected chi connectivity index (χ3v) is 7.84. The predicted octanol–water partition coefficient (Wildman–Crippen LogP) is 4.80. The molecule has 2 saturated heterocycles. The molecule has 9 heteroatoms. The van der Waals surface area contributed by atoms with E-state index in [0.717, 1.165) is 66.1 Å². The molecule has 2 aromatic heterocycles. The quantitative estimate of drug-likeness (QED) is 0.291. The van der Waals surface area contributed by atoms with Gasteiger partial charge in [-0.3, -0.25) is 4.79 Å². The Morgan fingerprint density at radius 3 is 2.71 bits per heavy atom. The molecule has 0 aliphatic carbocycles. The number of anilines is 1. The van der Waals surface area contributed by atoms with Crippen LogP contribution in [0.4, 0.5) is 5.69 Å². The smallest absolute Gasteiger partial charge is 0.224 e. The zero-order valence-corrected chi connectivity index (χ0v) is 23.0. The second-order valence-electron chi connectivity index (χ2n) is 10.4. The molecule has 1 amide bonds. The van der Waals surface area contributed by atoms with Gasteiger partial charge in [-0.1, -0.05) is 18.2 Å². The molecule has 2 aliphatic heterocycles. The second kappa shape index (κ2) is 11.9. The summed E-state index contributed by atoms with van der Waals surface area (Å²) in [7, 11) is 0. The van der Waals surface area contributed by atoms with Crippen LogP contribution < -0.4 is 9.64 Å². The van der Waals surface area contributed by atoms with Gasteiger partial charge in [0.25, 0.3) is 0 Å². The third-order valence-electron chi connectivity index (χ3n) is 7.84. The monoisotopic (exact) mass is 550 g/mol. The van der Waals surface area contributed by atoms with Crippen LogP contribution in [0.15, 0.2) is 65.8 Å². The van der Waals surface area contributed by atoms with E-state index in [1.165, 1.54) is 11.9 Å². The highest BCUT2D eigenvalue weighted by Gasteiger charge is 2.27. The van der Waals surface area contributed by atoms with E-state index >= 15 is 0 Å². The minimum atomic E-state index is -0.102. The Labute approximate surface area is 239 Å². The number of nitrogens with one attached hydrogen (secondary N) is 2. The van der Waals surface area contributed by atoms with Gasteiger partial charge in [-0.05, 0) is 59.8 Å². The number of ether oxygens (including phenoxy) is 2. The number of carbonyl (C=O) groups excluding carboxylic acids is 1. The Morgan fingerprint density at radius 1 is 1.12 bits per heavy atom. The highest BCUT2D eigenvalue weighted by atomic mass is 16.5. The number of aromatic amines is 1. The van der Waals surface area contributed by atoms with Gasteiger partial charge in [-0.15, -0.1) is 0 Å². The summed E-state index contributed by atoms with van der Waals surface area (Å²) >= 11 is 0. The van der Waals surface area contributed by atoms with E-state index in [-0.39, 0.29) is 12.0 Å². The summed E-state index contributed by atoms with van der Waals surface area (Å²) in [6.45, 7) is 8.44. The Hall–Kier alpha value is -4.50. The molecular formula is C32H34N6O3. The van der Waals surface area contributed by atoms with E-state index in [1.54, 1.807) is 6.20 Å². The summed E-state index contributed by atoms with van der Waals surface area (Å²) in [4.78, 5) is 28.3. The van der Waals surface area contributed by atoms with Crippen molar-refractivity contribution in [2.45, 2.75) is 18.9 Å². The van der Waals surface area contributed by atoms with E-state index in [9.17, 15) is 4.79 Å². The van der Waals surface area contributed by atoms with Gasteiger partial charge in [0, 0.05) is 73.8 Å². The topological polar surface area (TPSA) is 107 Å². The van der Waals surface area contributed by atoms with Gasteiger partial charge < -0.3 is 34.7 Å². The number of aliphatic imine (C=N–C) groups is 1. The maximum Gasteiger partial charge on any atom is 0.224 e. The molecule has 1 atom stereocenters. The number of amides is 1. The number of aromatic nitrogens is 2. The first kappa shape index (κ1) is 26.7. The number of H-pyrrole nitrogens is 1. The average molecular weight is 551 g/mol. The first-order valence-electron chi connectivity index (χ1n) is 14.1. The number of benzene rings is 2. The lowest BCUT2D eigenvalue weighted by molar-refractivity contribution is -0.130. The highest BCUT2D eigenvalue weighted by Crippen LogP contribution is 2.34. The molecule has 4 aromatic rings. The van der Waals surface area contributed by atoms with Crippen LogP contribution in [0.1, 0.15) is 18.4 Å². The van der Waals surface area contributed by atoms with Crippen LogP contribution in [0.2, 0.25) is 0 Å². The van der Waals surface area contributed by atoms with Crippen molar-refractivity contribution in [1.29, 1.82) is 5.41 Å². The molecule has 6 rings (SSSR count). The minimum Gasteiger partial charge on any atom is -0.488 e. The van der Waals surface area contributed by atoms with Crippen LogP contribution in [0.3, 0.4) is 0 Å². The van der Waals surface area contributed by atoms with E-state index in [1.807, 2.05) is 29.2 Å². The second-order valence-corrected chi connectivity index (χ2v) is 10.4. The number of morpholine rings is 1. The average Bonchev–Trinajstić information content (AvgIpc) is 3.68. The number of pyridine rings is 1. The molecule has 0 radical (unpaired) electrons. The van der Waals surface area contributed by atoms with Crippen LogP contribution in [-0.4, -0.2) is 85.7 Å². The first-order chi connectivity index (χ1) is 20.1. The number of fused-ring (bicyclic) bond motifs is 1. The fraction of sp³-hybridized carbons (Fsp3) is 0.312. The molecule has 2 aliphatic rings. The molecule has 0 unspecified atom stereocenters. The summed E-state index contributed by atoms with van der Waals surface area (Å²) in [5, 5.41) is 9.07. The van der Waals surface area contributed by atoms with E-state index in [0.29, 0.717) is 37.4 Å². The van der Waals surface area contributed by atoms with Crippen molar-refractivity contribution in [2.75, 3.05) is 50.8 Å². The zero-order chi connectivity index (χ0) is 28.2. The van der Waals surface area contributed by atoms with E-state index in [2.05, 4.69) is 56.9 Å². The normalized spacial score (nSPS) is 17.1. The lowest BCUT2D eigenvalue weighted by Crippen LogP contribution is -2.36. The van der Waals surface area contributed by atoms with Gasteiger partial charge in [0.1, 0.15) is 17.5 Å². The Balaban J connectivity index is 1.21. The number of likely N-dealkylation sites (tertiary alicyclic amines) is 1. The maximum atomic E-state index is 12.3. The van der Waals surface area contributed by atoms with E-state index in [4.69, 9.17) is 14.9 Å². The van der Waals surface area contributed by atoms with E-state index < -0.39 is 0 Å². The SMILES string of the molecule is C=NCCC(=O)N1CC[C@H](Oc2ccc(-c3ccnc4[nH]c(-c5ccc(N6CCOCC6)cc5)cc34)cc2C=N)C1. The van der Waals surface area contributed by atoms with Crippen molar-refractivity contribution < 1.29 is 14.3 Å². The predicted molar refractivity (Wildman–Crippen MR) is 163 cm³/mol. The van der Waals surface area contributed by atoms with Crippen LogP contribution in [-0.2, 0) is 9.53 Å². The summed E-state index contributed by atoms with van der Waals surface area (Å²) in [5.74, 6) is 0.725. The zero-order valence-electron chi connectivity index (χ0n) is 23.0. The maximum absolute atomic E-state index is 12.3. The summed E-state index contributed by atoms with van der Waals surface area (Å²) in [6.07, 6.45) is 4.16. The lowest BCUT2D eigenvalue weighted by atomic mass is 10.0. The van der Waals surface area contributed by atoms with Crippen LogP contribution >= 0.6 is 0 Å². The molecule has 41 heavy (non-hydrogen) atoms. The Morgan fingerprint density at radius 2 is 1.93 bits per heavy atom. The molecule has 2 N–H and O–H groups in total. The number of hydrogen-bond acceptors (Lipinski definition) is 7. The number of rotatable bonds is 9. The molecular weight excluding hydrogens is 516 g/mol. The molecule has 0 saturated carbocycles. The fourth-order valence-electron chi connectivity index (χ4n) is 5.61. The van der Waals surface area contributed by atoms with Crippen LogP contribution in [0.25, 0.3) is 33.4 Å². The Kier molecular flexibility index (Phi) is 7.78. The van der Waals surface area contributed by atoms with Crippen LogP contribution in [0.5, 0.6) is 5.75 Å². The standard InChI is InChI=1S/C32H34N6O3/c1-34-11-9-31(39)38-13-10-26(21-38)41-30-7-4-23(18-24(30)20-33)27-8-12-35-32-28(27)19-29(36-32)22-2-5-25(6-3-22)37-14-16-40-17-15-37/h2-8,12,18-20,26,33H,1,9-11,13-17,21H2,(H,35,36)/t26-/m0/s1. The van der Waals surface area contributed by atoms with Gasteiger partial charge in [0.05, 0.1) is 19.8 Å².